The average Bonchev–Trinajstić information content (AvgIpc) is 1.65. The van der Waals surface area contributed by atoms with Gasteiger partial charge < -0.3 is 4.06 Å². The predicted octanol–water partition coefficient (Wildman–Crippen LogP) is 2.41. The van der Waals surface area contributed by atoms with Crippen LogP contribution in [0.5, 0.6) is 0 Å². The van der Waals surface area contributed by atoms with Crippen molar-refractivity contribution in [2.24, 2.45) is 0 Å². The van der Waals surface area contributed by atoms with E-state index in [2.05, 4.69) is 37.5 Å². The van der Waals surface area contributed by atoms with E-state index in [1.54, 1.807) is 0 Å². The lowest BCUT2D eigenvalue weighted by molar-refractivity contribution is 0.0141. The van der Waals surface area contributed by atoms with Crippen LogP contribution in [-0.4, -0.2) is 21.5 Å². The minimum Gasteiger partial charge on any atom is -0.520 e. The van der Waals surface area contributed by atoms with Crippen LogP contribution in [0.15, 0.2) is 0 Å². The van der Waals surface area contributed by atoms with E-state index in [9.17, 15) is 0 Å². The zero-order valence-corrected chi connectivity index (χ0v) is 8.32. The Morgan fingerprint density at radius 3 is 1.33 bits per heavy atom. The Balaban J connectivity index is 3.79. The molecule has 0 aromatic carbocycles. The van der Waals surface area contributed by atoms with Gasteiger partial charge in [0.1, 0.15) is 13.2 Å². The molecule has 0 aliphatic carbocycles. The molecule has 0 spiro atoms. The minimum atomic E-state index is -1.04. The normalized spacial score (nSPS) is 12.7. The molecule has 0 fully saturated rings. The van der Waals surface area contributed by atoms with Crippen LogP contribution in [0.25, 0.3) is 0 Å². The van der Waals surface area contributed by atoms with Gasteiger partial charge in [0.05, 0.1) is 0 Å². The summed E-state index contributed by atoms with van der Waals surface area (Å²) in [6, 6.07) is 0. The first kappa shape index (κ1) is 9.18. The molecule has 9 heavy (non-hydrogen) atoms. The Bertz CT molecular complexity index is 71.5. The van der Waals surface area contributed by atoms with Gasteiger partial charge >= 0.3 is 8.32 Å². The average molecular weight is 147 g/mol. The Hall–Kier alpha value is 0.177. The molecule has 0 atom stereocenters. The van der Waals surface area contributed by atoms with Crippen LogP contribution < -0.4 is 0 Å². The molecule has 0 amide bonds. The van der Waals surface area contributed by atoms with Gasteiger partial charge in [-0.25, -0.2) is 0 Å². The highest BCUT2D eigenvalue weighted by Crippen LogP contribution is 2.12. The summed E-state index contributed by atoms with van der Waals surface area (Å²) >= 11 is 0. The van der Waals surface area contributed by atoms with Gasteiger partial charge in [-0.05, 0) is 0 Å². The minimum absolute atomic E-state index is 1.04. The largest absolute Gasteiger partial charge is 0.520 e. The summed E-state index contributed by atoms with van der Waals surface area (Å²) in [5.74, 6) is 0. The highest BCUT2D eigenvalue weighted by Gasteiger charge is 2.29. The van der Waals surface area contributed by atoms with E-state index in [1.807, 2.05) is 0 Å². The van der Waals surface area contributed by atoms with Crippen molar-refractivity contribution in [2.75, 3.05) is 13.2 Å². The molecule has 0 aliphatic rings. The molecule has 0 saturated carbocycles. The first-order valence-corrected chi connectivity index (χ1v) is 7.10. The molecule has 56 valence electrons. The molecule has 1 nitrogen and oxygen atoms in total. The third kappa shape index (κ3) is 3.01. The summed E-state index contributed by atoms with van der Waals surface area (Å²) in [4.78, 5) is 0. The summed E-state index contributed by atoms with van der Waals surface area (Å²) < 4.78 is 3.34. The molecule has 0 radical (unpaired) electrons. The zero-order chi connectivity index (χ0) is 7.49. The molecule has 0 heterocycles. The second kappa shape index (κ2) is 3.37. The quantitative estimate of drug-likeness (QED) is 0.426. The topological polar surface area (TPSA) is 2.70 Å². The van der Waals surface area contributed by atoms with E-state index in [-0.39, 0.29) is 0 Å². The van der Waals surface area contributed by atoms with Crippen molar-refractivity contribution in [3.05, 3.63) is 0 Å². The molecular formula is C7H19OSi+. The molecule has 0 N–H and O–H groups in total. The van der Waals surface area contributed by atoms with Gasteiger partial charge in [-0.2, -0.15) is 0 Å². The Morgan fingerprint density at radius 1 is 1.00 bits per heavy atom. The first-order chi connectivity index (χ1) is 4.02. The molecule has 0 aliphatic heterocycles. The first-order valence-electron chi connectivity index (χ1n) is 3.70. The summed E-state index contributed by atoms with van der Waals surface area (Å²) in [6.07, 6.45) is 0. The van der Waals surface area contributed by atoms with Crippen molar-refractivity contribution in [3.63, 3.8) is 0 Å². The lowest BCUT2D eigenvalue weighted by atomic mass is 10.8. The maximum absolute atomic E-state index is 3.34. The van der Waals surface area contributed by atoms with Crippen molar-refractivity contribution in [1.82, 2.24) is 0 Å². The van der Waals surface area contributed by atoms with Crippen molar-refractivity contribution >= 4 is 8.32 Å². The molecule has 0 saturated heterocycles. The lowest BCUT2D eigenvalue weighted by Crippen LogP contribution is -2.38. The zero-order valence-electron chi connectivity index (χ0n) is 7.32. The fourth-order valence-electron chi connectivity index (χ4n) is 1.07. The van der Waals surface area contributed by atoms with Gasteiger partial charge in [0.25, 0.3) is 0 Å². The number of hydrogen-bond acceptors (Lipinski definition) is 0. The van der Waals surface area contributed by atoms with E-state index >= 15 is 0 Å². The fourth-order valence-corrected chi connectivity index (χ4v) is 2.80. The van der Waals surface area contributed by atoms with Crippen molar-refractivity contribution < 1.29 is 4.06 Å². The van der Waals surface area contributed by atoms with Crippen molar-refractivity contribution in [2.45, 2.75) is 33.5 Å². The lowest BCUT2D eigenvalue weighted by Gasteiger charge is -2.28. The van der Waals surface area contributed by atoms with E-state index in [4.69, 9.17) is 0 Å². The highest BCUT2D eigenvalue weighted by atomic mass is 28.4. The van der Waals surface area contributed by atoms with E-state index < -0.39 is 8.32 Å². The molecule has 0 unspecified atom stereocenters. The molecule has 0 bridgehead atoms. The maximum atomic E-state index is 3.34. The van der Waals surface area contributed by atoms with Gasteiger partial charge in [0.15, 0.2) is 0 Å². The van der Waals surface area contributed by atoms with Gasteiger partial charge in [0, 0.05) is 33.5 Å². The molecule has 0 aromatic rings. The smallest absolute Gasteiger partial charge is 0.376 e. The molecule has 0 aromatic heterocycles. The Kier molecular flexibility index (Phi) is 3.44. The molecule has 0 rings (SSSR count). The Labute approximate surface area is 59.9 Å². The highest BCUT2D eigenvalue weighted by molar-refractivity contribution is 6.70. The summed E-state index contributed by atoms with van der Waals surface area (Å²) in [5, 5.41) is 0. The number of hydrogen-bond donors (Lipinski definition) is 0. The third-order valence-corrected chi connectivity index (χ3v) is 3.87. The monoisotopic (exact) mass is 147 g/mol. The van der Waals surface area contributed by atoms with Crippen molar-refractivity contribution in [3.8, 4) is 0 Å². The number of rotatable bonds is 3. The second-order valence-corrected chi connectivity index (χ2v) is 7.98. The van der Waals surface area contributed by atoms with Gasteiger partial charge in [-0.15, -0.1) is 0 Å². The van der Waals surface area contributed by atoms with Crippen LogP contribution in [0.3, 0.4) is 0 Å². The van der Waals surface area contributed by atoms with Gasteiger partial charge in [-0.3, -0.25) is 0 Å². The predicted molar refractivity (Wildman–Crippen MR) is 45.5 cm³/mol. The van der Waals surface area contributed by atoms with E-state index in [1.165, 1.54) is 0 Å². The Morgan fingerprint density at radius 2 is 1.33 bits per heavy atom. The maximum Gasteiger partial charge on any atom is 0.376 e. The SMILES string of the molecule is CC[O+](CC)[Si](C)(C)C. The third-order valence-electron chi connectivity index (χ3n) is 1.56. The van der Waals surface area contributed by atoms with Crippen LogP contribution in [0.4, 0.5) is 0 Å². The van der Waals surface area contributed by atoms with Crippen LogP contribution in [0.1, 0.15) is 13.8 Å². The van der Waals surface area contributed by atoms with Gasteiger partial charge in [-0.1, -0.05) is 0 Å². The summed E-state index contributed by atoms with van der Waals surface area (Å²) in [7, 11) is -1.04. The van der Waals surface area contributed by atoms with Crippen LogP contribution in [0.2, 0.25) is 19.6 Å². The van der Waals surface area contributed by atoms with Crippen LogP contribution >= 0.6 is 0 Å². The fraction of sp³-hybridized carbons (Fsp3) is 1.00. The summed E-state index contributed by atoms with van der Waals surface area (Å²) in [5.41, 5.74) is 0. The van der Waals surface area contributed by atoms with Crippen LogP contribution in [-0.2, 0) is 4.06 Å². The molecule has 2 heteroatoms. The summed E-state index contributed by atoms with van der Waals surface area (Å²) in [6.45, 7) is 13.7. The van der Waals surface area contributed by atoms with E-state index in [0.717, 1.165) is 13.2 Å². The van der Waals surface area contributed by atoms with Gasteiger partial charge in [0.2, 0.25) is 0 Å². The molecular weight excluding hydrogens is 128 g/mol. The van der Waals surface area contributed by atoms with E-state index in [0.29, 0.717) is 0 Å². The van der Waals surface area contributed by atoms with Crippen LogP contribution in [0, 0.1) is 0 Å². The van der Waals surface area contributed by atoms with Crippen molar-refractivity contribution in [1.29, 1.82) is 0 Å². The second-order valence-electron chi connectivity index (χ2n) is 3.18. The standard InChI is InChI=1S/C7H19OSi/c1-6-8(7-2)9(3,4)5/h6-7H2,1-5H3/q+1.